The number of alkyl halides is 1. The van der Waals surface area contributed by atoms with Gasteiger partial charge in [-0.25, -0.2) is 0 Å². The Kier molecular flexibility index (Phi) is 8.76. The number of nitrogens with zero attached hydrogens (tertiary/aromatic N) is 1. The van der Waals surface area contributed by atoms with Crippen molar-refractivity contribution in [3.8, 4) is 0 Å². The molecule has 0 heterocycles. The lowest BCUT2D eigenvalue weighted by atomic mass is 9.95. The van der Waals surface area contributed by atoms with Crippen LogP contribution in [0.1, 0.15) is 71.6 Å². The summed E-state index contributed by atoms with van der Waals surface area (Å²) in [6, 6.07) is 0.427. The quantitative estimate of drug-likeness (QED) is 0.486. The zero-order valence-corrected chi connectivity index (χ0v) is 14.3. The van der Waals surface area contributed by atoms with Crippen LogP contribution in [-0.4, -0.2) is 28.7 Å². The normalized spacial score (nSPS) is 17.5. The molecule has 0 aromatic carbocycles. The van der Waals surface area contributed by atoms with E-state index in [9.17, 15) is 4.79 Å². The molecule has 1 saturated carbocycles. The lowest BCUT2D eigenvalue weighted by Crippen LogP contribution is -2.41. The number of hydrogen-bond acceptors (Lipinski definition) is 1. The van der Waals surface area contributed by atoms with Crippen LogP contribution in [0.3, 0.4) is 0 Å². The molecule has 1 rings (SSSR count). The summed E-state index contributed by atoms with van der Waals surface area (Å²) in [4.78, 5) is 14.7. The molecule has 19 heavy (non-hydrogen) atoms. The van der Waals surface area contributed by atoms with Crippen molar-refractivity contribution in [2.24, 2.45) is 5.92 Å². The third-order valence-electron chi connectivity index (χ3n) is 4.47. The second-order valence-electron chi connectivity index (χ2n) is 5.81. The predicted molar refractivity (Wildman–Crippen MR) is 85.7 cm³/mol. The summed E-state index contributed by atoms with van der Waals surface area (Å²) >= 11 is 3.49. The average molecular weight is 332 g/mol. The fourth-order valence-electron chi connectivity index (χ4n) is 3.26. The number of halogens is 1. The summed E-state index contributed by atoms with van der Waals surface area (Å²) in [5, 5.41) is 0.889. The highest BCUT2D eigenvalue weighted by molar-refractivity contribution is 9.09. The first-order valence-electron chi connectivity index (χ1n) is 8.08. The number of carbonyl (C=O) groups is 1. The van der Waals surface area contributed by atoms with Crippen molar-refractivity contribution >= 4 is 21.8 Å². The van der Waals surface area contributed by atoms with Crippen LogP contribution in [0.25, 0.3) is 0 Å². The fraction of sp³-hybridized carbons (Fsp3) is 0.938. The van der Waals surface area contributed by atoms with Crippen molar-refractivity contribution < 1.29 is 4.79 Å². The van der Waals surface area contributed by atoms with Crippen molar-refractivity contribution in [1.82, 2.24) is 4.90 Å². The van der Waals surface area contributed by atoms with Gasteiger partial charge in [0.25, 0.3) is 0 Å². The van der Waals surface area contributed by atoms with Crippen LogP contribution in [0.5, 0.6) is 0 Å². The highest BCUT2D eigenvalue weighted by Gasteiger charge is 2.23. The van der Waals surface area contributed by atoms with E-state index in [1.54, 1.807) is 0 Å². The summed E-state index contributed by atoms with van der Waals surface area (Å²) in [5.41, 5.74) is 0. The van der Waals surface area contributed by atoms with Gasteiger partial charge < -0.3 is 4.90 Å². The third-order valence-corrected chi connectivity index (χ3v) is 4.82. The molecule has 3 heteroatoms. The molecule has 112 valence electrons. The molecule has 0 aliphatic heterocycles. The molecule has 0 atom stereocenters. The summed E-state index contributed by atoms with van der Waals surface area (Å²) in [5.74, 6) is 1.03. The van der Waals surface area contributed by atoms with Gasteiger partial charge in [-0.05, 0) is 31.6 Å². The predicted octanol–water partition coefficient (Wildman–Crippen LogP) is 4.76. The highest BCUT2D eigenvalue weighted by atomic mass is 79.9. The second kappa shape index (κ2) is 9.79. The SMILES string of the molecule is CCC(CC)N(CCBr)C(=O)CC1CCCCCC1. The maximum atomic E-state index is 12.6. The molecule has 0 spiro atoms. The average Bonchev–Trinajstić information content (AvgIpc) is 2.67. The smallest absolute Gasteiger partial charge is 0.223 e. The second-order valence-corrected chi connectivity index (χ2v) is 6.60. The zero-order valence-electron chi connectivity index (χ0n) is 12.7. The summed E-state index contributed by atoms with van der Waals surface area (Å²) in [6.45, 7) is 5.24. The molecule has 0 N–H and O–H groups in total. The molecule has 1 aliphatic carbocycles. The Hall–Kier alpha value is -0.0500. The van der Waals surface area contributed by atoms with Gasteiger partial charge in [0, 0.05) is 24.3 Å². The first-order chi connectivity index (χ1) is 9.22. The molecular weight excluding hydrogens is 302 g/mol. The molecule has 0 saturated heterocycles. The standard InChI is InChI=1S/C16H30BrNO/c1-3-15(4-2)18(12-11-17)16(19)13-14-9-7-5-6-8-10-14/h14-15H,3-13H2,1-2H3. The minimum Gasteiger partial charge on any atom is -0.339 e. The maximum Gasteiger partial charge on any atom is 0.223 e. The van der Waals surface area contributed by atoms with E-state index in [0.717, 1.165) is 31.1 Å². The third kappa shape index (κ3) is 5.85. The van der Waals surface area contributed by atoms with E-state index in [0.29, 0.717) is 17.9 Å². The molecule has 0 bridgehead atoms. The molecule has 2 nitrogen and oxygen atoms in total. The number of hydrogen-bond donors (Lipinski definition) is 0. The lowest BCUT2D eigenvalue weighted by Gasteiger charge is -2.31. The Bertz CT molecular complexity index is 245. The van der Waals surface area contributed by atoms with E-state index >= 15 is 0 Å². The van der Waals surface area contributed by atoms with Gasteiger partial charge in [0.1, 0.15) is 0 Å². The van der Waals surface area contributed by atoms with Crippen molar-refractivity contribution in [3.05, 3.63) is 0 Å². The van der Waals surface area contributed by atoms with Crippen LogP contribution in [0, 0.1) is 5.92 Å². The monoisotopic (exact) mass is 331 g/mol. The van der Waals surface area contributed by atoms with Crippen molar-refractivity contribution in [3.63, 3.8) is 0 Å². The minimum atomic E-state index is 0.389. The van der Waals surface area contributed by atoms with E-state index < -0.39 is 0 Å². The molecular formula is C16H30BrNO. The molecule has 0 aromatic rings. The van der Waals surface area contributed by atoms with Gasteiger partial charge >= 0.3 is 0 Å². The lowest BCUT2D eigenvalue weighted by molar-refractivity contribution is -0.134. The zero-order chi connectivity index (χ0) is 14.1. The van der Waals surface area contributed by atoms with E-state index in [2.05, 4.69) is 34.7 Å². The molecule has 1 aliphatic rings. The van der Waals surface area contributed by atoms with Gasteiger partial charge in [0.05, 0.1) is 0 Å². The number of amides is 1. The van der Waals surface area contributed by atoms with Crippen LogP contribution >= 0.6 is 15.9 Å². The topological polar surface area (TPSA) is 20.3 Å². The first-order valence-corrected chi connectivity index (χ1v) is 9.20. The number of carbonyl (C=O) groups excluding carboxylic acids is 1. The van der Waals surface area contributed by atoms with E-state index in [-0.39, 0.29) is 0 Å². The summed E-state index contributed by atoms with van der Waals surface area (Å²) in [6.07, 6.45) is 10.8. The molecule has 0 unspecified atom stereocenters. The summed E-state index contributed by atoms with van der Waals surface area (Å²) in [7, 11) is 0. The van der Waals surface area contributed by atoms with Gasteiger partial charge in [0.2, 0.25) is 5.91 Å². The summed E-state index contributed by atoms with van der Waals surface area (Å²) < 4.78 is 0. The van der Waals surface area contributed by atoms with Gasteiger partial charge in [-0.2, -0.15) is 0 Å². The van der Waals surface area contributed by atoms with Crippen LogP contribution in [0.2, 0.25) is 0 Å². The molecule has 0 radical (unpaired) electrons. The molecule has 1 amide bonds. The van der Waals surface area contributed by atoms with Gasteiger partial charge in [-0.3, -0.25) is 4.79 Å². The Morgan fingerprint density at radius 3 is 2.21 bits per heavy atom. The van der Waals surface area contributed by atoms with Crippen LogP contribution in [0.4, 0.5) is 0 Å². The Morgan fingerprint density at radius 1 is 1.16 bits per heavy atom. The van der Waals surface area contributed by atoms with E-state index in [4.69, 9.17) is 0 Å². The van der Waals surface area contributed by atoms with E-state index in [1.165, 1.54) is 38.5 Å². The van der Waals surface area contributed by atoms with Crippen molar-refractivity contribution in [2.45, 2.75) is 77.7 Å². The van der Waals surface area contributed by atoms with Crippen LogP contribution in [0.15, 0.2) is 0 Å². The van der Waals surface area contributed by atoms with E-state index in [1.807, 2.05) is 0 Å². The Labute approximate surface area is 127 Å². The molecule has 1 fully saturated rings. The fourth-order valence-corrected chi connectivity index (χ4v) is 3.65. The van der Waals surface area contributed by atoms with Crippen molar-refractivity contribution in [2.75, 3.05) is 11.9 Å². The Morgan fingerprint density at radius 2 is 1.74 bits per heavy atom. The van der Waals surface area contributed by atoms with Gasteiger partial charge in [-0.15, -0.1) is 0 Å². The highest BCUT2D eigenvalue weighted by Crippen LogP contribution is 2.26. The first kappa shape index (κ1) is 17.0. The molecule has 0 aromatic heterocycles. The minimum absolute atomic E-state index is 0.389. The Balaban J connectivity index is 2.54. The number of rotatable bonds is 7. The van der Waals surface area contributed by atoms with Crippen LogP contribution < -0.4 is 0 Å². The maximum absolute atomic E-state index is 12.6. The largest absolute Gasteiger partial charge is 0.339 e. The van der Waals surface area contributed by atoms with Crippen LogP contribution in [-0.2, 0) is 4.79 Å². The van der Waals surface area contributed by atoms with Gasteiger partial charge in [-0.1, -0.05) is 55.5 Å². The van der Waals surface area contributed by atoms with Gasteiger partial charge in [0.15, 0.2) is 0 Å². The van der Waals surface area contributed by atoms with Crippen molar-refractivity contribution in [1.29, 1.82) is 0 Å².